The van der Waals surface area contributed by atoms with Gasteiger partial charge in [0.15, 0.2) is 0 Å². The second kappa shape index (κ2) is 17.8. The number of aromatic nitrogens is 1. The summed E-state index contributed by atoms with van der Waals surface area (Å²) in [5, 5.41) is 31.9. The van der Waals surface area contributed by atoms with Crippen molar-refractivity contribution in [3.63, 3.8) is 0 Å². The van der Waals surface area contributed by atoms with Gasteiger partial charge >= 0.3 is 18.2 Å². The third-order valence-corrected chi connectivity index (χ3v) is 6.34. The molecule has 5 amide bonds. The molecule has 268 valence electrons. The molecule has 2 rings (SSSR count). The van der Waals surface area contributed by atoms with Crippen LogP contribution in [0.1, 0.15) is 65.2 Å². The van der Waals surface area contributed by atoms with E-state index in [0.717, 1.165) is 5.56 Å². The number of pyridine rings is 1. The molecule has 0 aliphatic heterocycles. The minimum absolute atomic E-state index is 0.137. The number of hydrogen-bond donors (Lipinski definition) is 7. The molecule has 49 heavy (non-hydrogen) atoms. The summed E-state index contributed by atoms with van der Waals surface area (Å²) in [6, 6.07) is 7.36. The van der Waals surface area contributed by atoms with Crippen LogP contribution in [0, 0.1) is 0 Å². The molecule has 0 radical (unpaired) electrons. The lowest BCUT2D eigenvalue weighted by Crippen LogP contribution is -2.60. The van der Waals surface area contributed by atoms with Crippen LogP contribution in [-0.2, 0) is 23.9 Å². The largest absolute Gasteiger partial charge is 0.480 e. The van der Waals surface area contributed by atoms with Gasteiger partial charge in [0.2, 0.25) is 11.8 Å². The normalized spacial score (nSPS) is 13.8. The Labute approximate surface area is 284 Å². The van der Waals surface area contributed by atoms with Crippen LogP contribution in [0.5, 0.6) is 0 Å². The van der Waals surface area contributed by atoms with Crippen LogP contribution >= 0.6 is 0 Å². The predicted octanol–water partition coefficient (Wildman–Crippen LogP) is 1.72. The predicted molar refractivity (Wildman–Crippen MR) is 177 cm³/mol. The number of benzene rings is 1. The van der Waals surface area contributed by atoms with Crippen molar-refractivity contribution in [2.45, 2.75) is 90.3 Å². The van der Waals surface area contributed by atoms with E-state index in [2.05, 4.69) is 31.6 Å². The van der Waals surface area contributed by atoms with Gasteiger partial charge in [-0.15, -0.1) is 0 Å². The van der Waals surface area contributed by atoms with Crippen LogP contribution in [0.15, 0.2) is 48.7 Å². The topological polar surface area (TPSA) is 234 Å². The van der Waals surface area contributed by atoms with Crippen molar-refractivity contribution < 1.29 is 48.5 Å². The van der Waals surface area contributed by atoms with Crippen LogP contribution in [0.2, 0.25) is 0 Å². The maximum atomic E-state index is 13.5. The minimum Gasteiger partial charge on any atom is -0.480 e. The summed E-state index contributed by atoms with van der Waals surface area (Å²) in [5.74, 6) is -4.18. The molecule has 4 atom stereocenters. The lowest BCUT2D eigenvalue weighted by molar-refractivity contribution is -0.142. The Bertz CT molecular complexity index is 1470. The van der Waals surface area contributed by atoms with E-state index in [0.29, 0.717) is 5.69 Å². The van der Waals surface area contributed by atoms with Gasteiger partial charge in [0.05, 0.1) is 18.3 Å². The highest BCUT2D eigenvalue weighted by molar-refractivity contribution is 5.99. The molecule has 7 N–H and O–H groups in total. The summed E-state index contributed by atoms with van der Waals surface area (Å²) < 4.78 is 10.3. The number of ether oxygens (including phenoxy) is 2. The number of amides is 5. The zero-order valence-corrected chi connectivity index (χ0v) is 28.7. The number of aliphatic hydroxyl groups excluding tert-OH is 1. The van der Waals surface area contributed by atoms with Crippen molar-refractivity contribution in [3.05, 3.63) is 54.2 Å². The first-order valence-electron chi connectivity index (χ1n) is 15.5. The first-order chi connectivity index (χ1) is 22.8. The number of nitrogens with zero attached hydrogens (tertiary/aromatic N) is 1. The SMILES string of the molecule is C[C@@H](O)[C@H](NC(=O)[C@H](CCNC(=O)OC(C)(C)C)NC(=O)c1ccnc(-c2ccccc2)c1)C(=O)N[C@@H](CNC(=O)OC(C)(C)C)C(=O)O. The Morgan fingerprint density at radius 1 is 0.796 bits per heavy atom. The smallest absolute Gasteiger partial charge is 0.407 e. The Morgan fingerprint density at radius 3 is 1.94 bits per heavy atom. The average Bonchev–Trinajstić information content (AvgIpc) is 2.99. The van der Waals surface area contributed by atoms with E-state index in [4.69, 9.17) is 9.47 Å². The number of hydrogen-bond acceptors (Lipinski definition) is 10. The summed E-state index contributed by atoms with van der Waals surface area (Å²) in [6.45, 7) is 10.3. The second-order valence-electron chi connectivity index (χ2n) is 13.0. The van der Waals surface area contributed by atoms with Crippen molar-refractivity contribution in [2.24, 2.45) is 0 Å². The number of alkyl carbamates (subject to hydrolysis) is 2. The van der Waals surface area contributed by atoms with Gasteiger partial charge in [-0.1, -0.05) is 30.3 Å². The van der Waals surface area contributed by atoms with Gasteiger partial charge in [0, 0.05) is 23.9 Å². The van der Waals surface area contributed by atoms with E-state index in [1.54, 1.807) is 41.5 Å². The van der Waals surface area contributed by atoms with E-state index in [9.17, 15) is 39.0 Å². The fraction of sp³-hybridized carbons (Fsp3) is 0.485. The molecule has 2 aromatic rings. The zero-order valence-electron chi connectivity index (χ0n) is 28.7. The maximum absolute atomic E-state index is 13.5. The minimum atomic E-state index is -1.68. The van der Waals surface area contributed by atoms with E-state index in [1.165, 1.54) is 25.3 Å². The summed E-state index contributed by atoms with van der Waals surface area (Å²) >= 11 is 0. The first kappa shape index (κ1) is 39.9. The van der Waals surface area contributed by atoms with Crippen LogP contribution in [-0.4, -0.2) is 99.6 Å². The molecule has 1 aromatic carbocycles. The van der Waals surface area contributed by atoms with Gasteiger partial charge in [-0.3, -0.25) is 19.4 Å². The van der Waals surface area contributed by atoms with Crippen LogP contribution in [0.4, 0.5) is 9.59 Å². The number of nitrogens with one attached hydrogen (secondary N) is 5. The quantitative estimate of drug-likeness (QED) is 0.151. The lowest BCUT2D eigenvalue weighted by atomic mass is 10.1. The molecule has 0 aliphatic carbocycles. The van der Waals surface area contributed by atoms with E-state index in [1.807, 2.05) is 30.3 Å². The number of rotatable bonds is 14. The van der Waals surface area contributed by atoms with Crippen LogP contribution in [0.3, 0.4) is 0 Å². The van der Waals surface area contributed by atoms with Gasteiger partial charge in [-0.25, -0.2) is 14.4 Å². The third kappa shape index (κ3) is 14.6. The molecule has 0 unspecified atom stereocenters. The molecule has 0 saturated carbocycles. The fourth-order valence-electron chi connectivity index (χ4n) is 4.10. The summed E-state index contributed by atoms with van der Waals surface area (Å²) in [6.07, 6.45) is -1.94. The molecular formula is C33H46N6O10. The van der Waals surface area contributed by atoms with Gasteiger partial charge in [0.25, 0.3) is 5.91 Å². The molecule has 0 saturated heterocycles. The average molecular weight is 687 g/mol. The highest BCUT2D eigenvalue weighted by Gasteiger charge is 2.33. The number of aliphatic carboxylic acids is 1. The Balaban J connectivity index is 2.23. The molecule has 0 aliphatic rings. The number of carboxylic acids is 1. The highest BCUT2D eigenvalue weighted by Crippen LogP contribution is 2.17. The van der Waals surface area contributed by atoms with Crippen molar-refractivity contribution in [1.29, 1.82) is 0 Å². The van der Waals surface area contributed by atoms with Crippen molar-refractivity contribution in [2.75, 3.05) is 13.1 Å². The maximum Gasteiger partial charge on any atom is 0.407 e. The Kier molecular flexibility index (Phi) is 14.5. The molecule has 0 fully saturated rings. The van der Waals surface area contributed by atoms with E-state index >= 15 is 0 Å². The van der Waals surface area contributed by atoms with Gasteiger partial charge in [0.1, 0.15) is 29.3 Å². The van der Waals surface area contributed by atoms with Crippen LogP contribution in [0.25, 0.3) is 11.3 Å². The van der Waals surface area contributed by atoms with Crippen molar-refractivity contribution >= 4 is 35.9 Å². The number of aliphatic hydroxyl groups is 1. The monoisotopic (exact) mass is 686 g/mol. The Morgan fingerprint density at radius 2 is 1.39 bits per heavy atom. The van der Waals surface area contributed by atoms with Gasteiger partial charge < -0.3 is 46.3 Å². The standard InChI is InChI=1S/C33H46N6O10/c1-19(40)25(28(43)38-24(29(44)45)18-36-31(47)49-33(5,6)7)39-27(42)22(14-16-35-30(46)48-32(2,3)4)37-26(41)21-13-15-34-23(17-21)20-11-9-8-10-12-20/h8-13,15,17,19,22,24-25,40H,14,16,18H2,1-7H3,(H,35,46)(H,36,47)(H,37,41)(H,38,43)(H,39,42)(H,44,45)/t19-,22+,24+,25+/m1/s1. The summed E-state index contributed by atoms with van der Waals surface area (Å²) in [4.78, 5) is 80.3. The van der Waals surface area contributed by atoms with Crippen molar-refractivity contribution in [1.82, 2.24) is 31.6 Å². The summed E-state index contributed by atoms with van der Waals surface area (Å²) in [5.41, 5.74) is -0.232. The molecule has 0 bridgehead atoms. The second-order valence-corrected chi connectivity index (χ2v) is 13.0. The Hall–Kier alpha value is -5.25. The number of carbonyl (C=O) groups is 6. The molecule has 1 aromatic heterocycles. The molecular weight excluding hydrogens is 640 g/mol. The van der Waals surface area contributed by atoms with Crippen molar-refractivity contribution in [3.8, 4) is 11.3 Å². The van der Waals surface area contributed by atoms with Gasteiger partial charge in [-0.2, -0.15) is 0 Å². The van der Waals surface area contributed by atoms with E-state index in [-0.39, 0.29) is 18.5 Å². The molecule has 0 spiro atoms. The molecule has 1 heterocycles. The molecule has 16 nitrogen and oxygen atoms in total. The van der Waals surface area contributed by atoms with E-state index < -0.39 is 77.9 Å². The first-order valence-corrected chi connectivity index (χ1v) is 15.5. The zero-order chi connectivity index (χ0) is 36.9. The van der Waals surface area contributed by atoms with Gasteiger partial charge in [-0.05, 0) is 67.0 Å². The molecule has 16 heteroatoms. The number of carboxylic acid groups (broad SMARTS) is 1. The van der Waals surface area contributed by atoms with Crippen LogP contribution < -0.4 is 26.6 Å². The lowest BCUT2D eigenvalue weighted by Gasteiger charge is -2.26. The fourth-order valence-corrected chi connectivity index (χ4v) is 4.10. The third-order valence-electron chi connectivity index (χ3n) is 6.34. The number of carbonyl (C=O) groups excluding carboxylic acids is 5. The summed E-state index contributed by atoms with van der Waals surface area (Å²) in [7, 11) is 0. The highest BCUT2D eigenvalue weighted by atomic mass is 16.6.